The van der Waals surface area contributed by atoms with Crippen LogP contribution in [-0.2, 0) is 38.8 Å². The van der Waals surface area contributed by atoms with E-state index in [0.717, 1.165) is 36.7 Å². The molecular weight excluding hydrogens is 488 g/mol. The van der Waals surface area contributed by atoms with Gasteiger partial charge in [-0.05, 0) is 36.0 Å². The molecule has 0 radical (unpaired) electrons. The molecule has 1 saturated carbocycles. The summed E-state index contributed by atoms with van der Waals surface area (Å²) in [6.07, 6.45) is 2.75. The third-order valence-electron chi connectivity index (χ3n) is 7.95. The van der Waals surface area contributed by atoms with Crippen molar-refractivity contribution in [1.29, 1.82) is 0 Å². The number of rotatable bonds is 10. The van der Waals surface area contributed by atoms with Crippen LogP contribution in [0.5, 0.6) is 0 Å². The van der Waals surface area contributed by atoms with Gasteiger partial charge in [-0.25, -0.2) is 4.99 Å². The van der Waals surface area contributed by atoms with Gasteiger partial charge in [-0.3, -0.25) is 0 Å². The molecule has 0 aromatic heterocycles. The molecule has 3 aliphatic rings. The van der Waals surface area contributed by atoms with Crippen molar-refractivity contribution in [2.24, 2.45) is 10.9 Å². The summed E-state index contributed by atoms with van der Waals surface area (Å²) in [5.41, 5.74) is 3.46. The number of ether oxygens (including phenoxy) is 4. The zero-order valence-electron chi connectivity index (χ0n) is 22.4. The molecule has 204 valence electrons. The monoisotopic (exact) mass is 526 g/mol. The summed E-state index contributed by atoms with van der Waals surface area (Å²) in [5.74, 6) is 0.118. The number of amidine groups is 1. The largest absolute Gasteiger partial charge is 0.459 e. The molecule has 6 nitrogen and oxygen atoms in total. The zero-order valence-corrected chi connectivity index (χ0v) is 22.4. The quantitative estimate of drug-likeness (QED) is 0.344. The molecule has 1 aliphatic carbocycles. The number of benzene rings is 3. The predicted octanol–water partition coefficient (Wildman–Crippen LogP) is 5.61. The van der Waals surface area contributed by atoms with Crippen molar-refractivity contribution < 1.29 is 18.9 Å². The van der Waals surface area contributed by atoms with E-state index in [1.165, 1.54) is 18.4 Å². The summed E-state index contributed by atoms with van der Waals surface area (Å²) in [4.78, 5) is 7.41. The Labute approximate surface area is 231 Å². The second kappa shape index (κ2) is 12.8. The van der Waals surface area contributed by atoms with Gasteiger partial charge in [-0.1, -0.05) is 91.0 Å². The maximum atomic E-state index is 6.71. The van der Waals surface area contributed by atoms with E-state index in [9.17, 15) is 0 Å². The van der Waals surface area contributed by atoms with Crippen LogP contribution < -0.4 is 0 Å². The van der Waals surface area contributed by atoms with Crippen LogP contribution in [0.3, 0.4) is 0 Å². The van der Waals surface area contributed by atoms with Crippen LogP contribution in [-0.4, -0.2) is 55.0 Å². The lowest BCUT2D eigenvalue weighted by Gasteiger charge is -2.42. The lowest BCUT2D eigenvalue weighted by atomic mass is 9.79. The average Bonchev–Trinajstić information content (AvgIpc) is 3.67. The molecule has 0 spiro atoms. The van der Waals surface area contributed by atoms with Crippen LogP contribution in [0.4, 0.5) is 0 Å². The smallest absolute Gasteiger partial charge is 0.288 e. The molecule has 3 aromatic rings. The highest BCUT2D eigenvalue weighted by molar-refractivity contribution is 5.76. The zero-order chi connectivity index (χ0) is 26.3. The third kappa shape index (κ3) is 6.52. The minimum atomic E-state index is -0.238. The van der Waals surface area contributed by atoms with E-state index in [4.69, 9.17) is 23.9 Å². The first-order chi connectivity index (χ1) is 19.3. The van der Waals surface area contributed by atoms with Crippen molar-refractivity contribution in [3.05, 3.63) is 108 Å². The minimum Gasteiger partial charge on any atom is -0.459 e. The van der Waals surface area contributed by atoms with Gasteiger partial charge in [-0.2, -0.15) is 0 Å². The van der Waals surface area contributed by atoms with Gasteiger partial charge in [0, 0.05) is 19.0 Å². The molecule has 5 atom stereocenters. The second-order valence-corrected chi connectivity index (χ2v) is 10.8. The van der Waals surface area contributed by atoms with Gasteiger partial charge < -0.3 is 23.8 Å². The van der Waals surface area contributed by atoms with Gasteiger partial charge in [0.15, 0.2) is 0 Å². The number of hydrogen-bond donors (Lipinski definition) is 0. The average molecular weight is 527 g/mol. The van der Waals surface area contributed by atoms with Gasteiger partial charge in [0.25, 0.3) is 6.02 Å². The van der Waals surface area contributed by atoms with Gasteiger partial charge in [0.1, 0.15) is 18.2 Å². The summed E-state index contributed by atoms with van der Waals surface area (Å²) >= 11 is 0. The summed E-state index contributed by atoms with van der Waals surface area (Å²) in [5, 5.41) is 0. The van der Waals surface area contributed by atoms with E-state index in [0.29, 0.717) is 26.4 Å². The molecule has 0 bridgehead atoms. The normalized spacial score (nSPS) is 26.2. The van der Waals surface area contributed by atoms with Gasteiger partial charge in [-0.15, -0.1) is 0 Å². The van der Waals surface area contributed by atoms with E-state index in [-0.39, 0.29) is 30.3 Å². The summed E-state index contributed by atoms with van der Waals surface area (Å²) in [6.45, 7) is 4.18. The molecule has 6 heteroatoms. The lowest BCUT2D eigenvalue weighted by Crippen LogP contribution is -2.55. The Morgan fingerprint density at radius 1 is 0.692 bits per heavy atom. The molecule has 0 unspecified atom stereocenters. The molecule has 39 heavy (non-hydrogen) atoms. The van der Waals surface area contributed by atoms with Crippen molar-refractivity contribution in [2.75, 3.05) is 19.7 Å². The summed E-state index contributed by atoms with van der Waals surface area (Å²) in [6, 6.07) is 31.7. The van der Waals surface area contributed by atoms with Gasteiger partial charge in [0.05, 0.1) is 32.5 Å². The highest BCUT2D eigenvalue weighted by atomic mass is 16.6. The Balaban J connectivity index is 1.24. The molecule has 0 amide bonds. The van der Waals surface area contributed by atoms with Crippen LogP contribution in [0, 0.1) is 5.92 Å². The first-order valence-electron chi connectivity index (χ1n) is 14.3. The highest BCUT2D eigenvalue weighted by Gasteiger charge is 2.51. The Morgan fingerprint density at radius 3 is 1.82 bits per heavy atom. The van der Waals surface area contributed by atoms with E-state index in [2.05, 4.69) is 53.4 Å². The van der Waals surface area contributed by atoms with Crippen LogP contribution in [0.1, 0.15) is 36.0 Å². The fraction of sp³-hybridized carbons (Fsp3) is 0.424. The lowest BCUT2D eigenvalue weighted by molar-refractivity contribution is -0.162. The number of aliphatic imine (C=N–C) groups is 1. The fourth-order valence-corrected chi connectivity index (χ4v) is 5.90. The Hall–Kier alpha value is -3.19. The molecule has 2 aliphatic heterocycles. The fourth-order valence-electron chi connectivity index (χ4n) is 5.90. The van der Waals surface area contributed by atoms with Crippen LogP contribution in [0.2, 0.25) is 0 Å². The molecule has 3 aromatic carbocycles. The maximum Gasteiger partial charge on any atom is 0.288 e. The molecule has 6 rings (SSSR count). The molecular formula is C33H38N2O4. The van der Waals surface area contributed by atoms with E-state index in [1.807, 2.05) is 42.5 Å². The second-order valence-electron chi connectivity index (χ2n) is 10.8. The molecule has 1 saturated heterocycles. The van der Waals surface area contributed by atoms with Crippen LogP contribution >= 0.6 is 0 Å². The standard InChI is InChI=1S/C33H38N2O4/c1-4-12-25(13-5-1)21-36-24-28-20-29-30(34-33(39-29)35-18-10-11-19-35)32(38-23-27-16-8-3-9-17-27)31(28)37-22-26-14-6-2-7-15-26/h1-9,12-17,28-32H,10-11,18-24H2/t28-,29+,30-,31-,32-/m1/s1. The Morgan fingerprint density at radius 2 is 1.23 bits per heavy atom. The SMILES string of the molecule is c1ccc(COC[C@H]2C[C@@H]3OC(N4CCCC4)=N[C@H]3[C@@H](OCc3ccccc3)[C@@H]2OCc2ccccc2)cc1. The van der Waals surface area contributed by atoms with Crippen molar-refractivity contribution in [3.63, 3.8) is 0 Å². The molecule has 0 N–H and O–H groups in total. The number of nitrogens with zero attached hydrogens (tertiary/aromatic N) is 2. The van der Waals surface area contributed by atoms with E-state index in [1.54, 1.807) is 0 Å². The number of likely N-dealkylation sites (tertiary alicyclic amines) is 1. The summed E-state index contributed by atoms with van der Waals surface area (Å²) in [7, 11) is 0. The van der Waals surface area contributed by atoms with Crippen molar-refractivity contribution in [2.45, 2.75) is 63.4 Å². The highest BCUT2D eigenvalue weighted by Crippen LogP contribution is 2.38. The van der Waals surface area contributed by atoms with Gasteiger partial charge >= 0.3 is 0 Å². The van der Waals surface area contributed by atoms with Crippen molar-refractivity contribution in [3.8, 4) is 0 Å². The molecule has 2 heterocycles. The van der Waals surface area contributed by atoms with Gasteiger partial charge in [0.2, 0.25) is 0 Å². The Kier molecular flexibility index (Phi) is 8.53. The Bertz CT molecular complexity index is 1180. The minimum absolute atomic E-state index is 0.0386. The first kappa shape index (κ1) is 26.1. The third-order valence-corrected chi connectivity index (χ3v) is 7.95. The van der Waals surface area contributed by atoms with Crippen LogP contribution in [0.25, 0.3) is 0 Å². The van der Waals surface area contributed by atoms with Crippen molar-refractivity contribution >= 4 is 6.02 Å². The summed E-state index contributed by atoms with van der Waals surface area (Å²) < 4.78 is 26.2. The van der Waals surface area contributed by atoms with Crippen molar-refractivity contribution in [1.82, 2.24) is 4.90 Å². The molecule has 2 fully saturated rings. The topological polar surface area (TPSA) is 52.5 Å². The number of fused-ring (bicyclic) bond motifs is 1. The number of hydrogen-bond acceptors (Lipinski definition) is 6. The first-order valence-corrected chi connectivity index (χ1v) is 14.3. The predicted molar refractivity (Wildman–Crippen MR) is 151 cm³/mol. The van der Waals surface area contributed by atoms with E-state index >= 15 is 0 Å². The maximum absolute atomic E-state index is 6.71. The van der Waals surface area contributed by atoms with E-state index < -0.39 is 0 Å². The van der Waals surface area contributed by atoms with Crippen LogP contribution in [0.15, 0.2) is 96.0 Å².